The van der Waals surface area contributed by atoms with Gasteiger partial charge in [-0.05, 0) is 19.8 Å². The minimum Gasteiger partial charge on any atom is -0.549 e. The molecule has 0 aliphatic heterocycles. The Kier molecular flexibility index (Phi) is 4.23. The summed E-state index contributed by atoms with van der Waals surface area (Å²) < 4.78 is 4.57. The molecule has 5 heteroatoms. The van der Waals surface area contributed by atoms with Gasteiger partial charge in [0.1, 0.15) is 5.41 Å². The molecular weight excluding hydrogens is 171 g/mol. The van der Waals surface area contributed by atoms with Gasteiger partial charge in [-0.15, -0.1) is 0 Å². The van der Waals surface area contributed by atoms with Crippen LogP contribution in [-0.2, 0) is 14.3 Å². The molecule has 1 aliphatic carbocycles. The van der Waals surface area contributed by atoms with Gasteiger partial charge in [0, 0.05) is 0 Å². The predicted octanol–water partition coefficient (Wildman–Crippen LogP) is -3.92. The van der Waals surface area contributed by atoms with Crippen molar-refractivity contribution >= 4 is 11.9 Å². The summed E-state index contributed by atoms with van der Waals surface area (Å²) in [5, 5.41) is 10.4. The molecule has 62 valence electrons. The van der Waals surface area contributed by atoms with E-state index < -0.39 is 17.4 Å². The number of rotatable bonds is 3. The van der Waals surface area contributed by atoms with E-state index in [9.17, 15) is 14.7 Å². The average molecular weight is 180 g/mol. The number of esters is 1. The first-order valence-corrected chi connectivity index (χ1v) is 3.52. The second kappa shape index (κ2) is 4.25. The van der Waals surface area contributed by atoms with Crippen molar-refractivity contribution in [3.05, 3.63) is 0 Å². The van der Waals surface area contributed by atoms with Crippen LogP contribution in [0.25, 0.3) is 0 Å². The van der Waals surface area contributed by atoms with E-state index in [1.165, 1.54) is 0 Å². The molecule has 1 fully saturated rings. The van der Waals surface area contributed by atoms with Crippen LogP contribution in [0.2, 0.25) is 0 Å². The molecule has 0 aromatic rings. The third-order valence-corrected chi connectivity index (χ3v) is 1.81. The SMILES string of the molecule is CCOC(=O)C1(C(=O)[O-])CC1.[Na+]. The molecule has 1 rings (SSSR count). The second-order valence-electron chi connectivity index (χ2n) is 2.59. The maximum Gasteiger partial charge on any atom is 1.00 e. The Balaban J connectivity index is 0.00000121. The molecule has 0 radical (unpaired) electrons. The molecule has 0 spiro atoms. The third kappa shape index (κ3) is 2.00. The van der Waals surface area contributed by atoms with Gasteiger partial charge in [0.2, 0.25) is 0 Å². The molecule has 0 bridgehead atoms. The molecule has 0 unspecified atom stereocenters. The normalized spacial score (nSPS) is 17.4. The van der Waals surface area contributed by atoms with Crippen molar-refractivity contribution in [2.75, 3.05) is 6.61 Å². The Morgan fingerprint density at radius 2 is 2.00 bits per heavy atom. The molecule has 0 N–H and O–H groups in total. The third-order valence-electron chi connectivity index (χ3n) is 1.81. The molecule has 0 amide bonds. The Morgan fingerprint density at radius 3 is 2.25 bits per heavy atom. The van der Waals surface area contributed by atoms with Gasteiger partial charge in [0.25, 0.3) is 0 Å². The largest absolute Gasteiger partial charge is 1.00 e. The van der Waals surface area contributed by atoms with Crippen molar-refractivity contribution in [1.82, 2.24) is 0 Å². The molecule has 1 aliphatic rings. The van der Waals surface area contributed by atoms with Gasteiger partial charge in [-0.1, -0.05) is 0 Å². The quantitative estimate of drug-likeness (QED) is 0.253. The number of carboxylic acids is 1. The van der Waals surface area contributed by atoms with Gasteiger partial charge in [0.15, 0.2) is 0 Å². The molecule has 0 aromatic carbocycles. The molecule has 0 saturated heterocycles. The van der Waals surface area contributed by atoms with Gasteiger partial charge in [-0.3, -0.25) is 4.79 Å². The Bertz CT molecular complexity index is 198. The molecule has 4 nitrogen and oxygen atoms in total. The van der Waals surface area contributed by atoms with Crippen LogP contribution in [0.5, 0.6) is 0 Å². The molecule has 1 saturated carbocycles. The van der Waals surface area contributed by atoms with E-state index in [0.717, 1.165) is 0 Å². The maximum absolute atomic E-state index is 10.9. The second-order valence-corrected chi connectivity index (χ2v) is 2.59. The summed E-state index contributed by atoms with van der Waals surface area (Å²) in [6.07, 6.45) is 0.711. The fourth-order valence-corrected chi connectivity index (χ4v) is 0.886. The first kappa shape index (κ1) is 11.9. The number of carbonyl (C=O) groups is 2. The van der Waals surface area contributed by atoms with Gasteiger partial charge >= 0.3 is 35.5 Å². The zero-order valence-electron chi connectivity index (χ0n) is 7.25. The van der Waals surface area contributed by atoms with Crippen molar-refractivity contribution in [1.29, 1.82) is 0 Å². The summed E-state index contributed by atoms with van der Waals surface area (Å²) in [5.41, 5.74) is -1.30. The van der Waals surface area contributed by atoms with E-state index in [1.54, 1.807) is 6.92 Å². The van der Waals surface area contributed by atoms with E-state index in [2.05, 4.69) is 4.74 Å². The van der Waals surface area contributed by atoms with Crippen molar-refractivity contribution < 1.29 is 49.0 Å². The first-order valence-electron chi connectivity index (χ1n) is 3.52. The first-order chi connectivity index (χ1) is 5.13. The van der Waals surface area contributed by atoms with E-state index in [-0.39, 0.29) is 36.2 Å². The summed E-state index contributed by atoms with van der Waals surface area (Å²) in [6.45, 7) is 1.86. The summed E-state index contributed by atoms with van der Waals surface area (Å²) in [4.78, 5) is 21.3. The van der Waals surface area contributed by atoms with Crippen LogP contribution in [-0.4, -0.2) is 18.5 Å². The molecule has 12 heavy (non-hydrogen) atoms. The predicted molar refractivity (Wildman–Crippen MR) is 33.3 cm³/mol. The number of ether oxygens (including phenoxy) is 1. The zero-order valence-corrected chi connectivity index (χ0v) is 9.25. The molecule has 0 aromatic heterocycles. The maximum atomic E-state index is 10.9. The van der Waals surface area contributed by atoms with Gasteiger partial charge in [0.05, 0.1) is 12.6 Å². The number of hydrogen-bond acceptors (Lipinski definition) is 4. The van der Waals surface area contributed by atoms with Crippen LogP contribution in [0, 0.1) is 5.41 Å². The van der Waals surface area contributed by atoms with Gasteiger partial charge in [-0.25, -0.2) is 0 Å². The van der Waals surface area contributed by atoms with Crippen LogP contribution in [0.3, 0.4) is 0 Å². The smallest absolute Gasteiger partial charge is 0.549 e. The van der Waals surface area contributed by atoms with Crippen LogP contribution < -0.4 is 34.7 Å². The van der Waals surface area contributed by atoms with Crippen molar-refractivity contribution in [3.8, 4) is 0 Å². The fraction of sp³-hybridized carbons (Fsp3) is 0.714. The van der Waals surface area contributed by atoms with Crippen LogP contribution in [0.15, 0.2) is 0 Å². The van der Waals surface area contributed by atoms with Gasteiger partial charge < -0.3 is 14.6 Å². The van der Waals surface area contributed by atoms with Crippen molar-refractivity contribution in [2.45, 2.75) is 19.8 Å². The Morgan fingerprint density at radius 1 is 1.50 bits per heavy atom. The van der Waals surface area contributed by atoms with E-state index in [1.807, 2.05) is 0 Å². The van der Waals surface area contributed by atoms with Crippen molar-refractivity contribution in [3.63, 3.8) is 0 Å². The molecular formula is C7H9NaO4. The molecule has 0 atom stereocenters. The number of carboxylic acid groups (broad SMARTS) is 1. The number of carbonyl (C=O) groups excluding carboxylic acids is 2. The average Bonchev–Trinajstić information content (AvgIpc) is 2.66. The number of aliphatic carboxylic acids is 1. The van der Waals surface area contributed by atoms with E-state index >= 15 is 0 Å². The van der Waals surface area contributed by atoms with Crippen LogP contribution in [0.1, 0.15) is 19.8 Å². The van der Waals surface area contributed by atoms with Crippen molar-refractivity contribution in [2.24, 2.45) is 5.41 Å². The van der Waals surface area contributed by atoms with Crippen LogP contribution >= 0.6 is 0 Å². The van der Waals surface area contributed by atoms with Gasteiger partial charge in [-0.2, -0.15) is 0 Å². The topological polar surface area (TPSA) is 66.4 Å². The van der Waals surface area contributed by atoms with E-state index in [4.69, 9.17) is 0 Å². The summed E-state index contributed by atoms with van der Waals surface area (Å²) in [7, 11) is 0. The monoisotopic (exact) mass is 180 g/mol. The minimum atomic E-state index is -1.31. The Hall–Kier alpha value is -0.0600. The fourth-order valence-electron chi connectivity index (χ4n) is 0.886. The standard InChI is InChI=1S/C7H10O4.Na/c1-2-11-6(10)7(3-4-7)5(8)9;/h2-4H2,1H3,(H,8,9);/q;+1/p-1. The summed E-state index contributed by atoms with van der Waals surface area (Å²) >= 11 is 0. The van der Waals surface area contributed by atoms with E-state index in [0.29, 0.717) is 12.8 Å². The summed E-state index contributed by atoms with van der Waals surface area (Å²) in [5.74, 6) is -1.96. The zero-order chi connectivity index (χ0) is 8.48. The van der Waals surface area contributed by atoms with Crippen LogP contribution in [0.4, 0.5) is 0 Å². The Labute approximate surface area is 92.6 Å². The summed E-state index contributed by atoms with van der Waals surface area (Å²) in [6, 6.07) is 0. The number of hydrogen-bond donors (Lipinski definition) is 0. The minimum absolute atomic E-state index is 0. The molecule has 0 heterocycles.